The summed E-state index contributed by atoms with van der Waals surface area (Å²) in [5.41, 5.74) is 0.499. The molecule has 9 heteroatoms. The molecule has 1 fully saturated rings. The minimum Gasteiger partial charge on any atom is -0.454 e. The molecule has 2 aliphatic rings. The molecular weight excluding hydrogens is 351 g/mol. The first-order valence-corrected chi connectivity index (χ1v) is 8.36. The maximum atomic E-state index is 13.6. The second-order valence-electron chi connectivity index (χ2n) is 5.43. The minimum atomic E-state index is -0.649. The molecule has 0 saturated carbocycles. The predicted molar refractivity (Wildman–Crippen MR) is 88.3 cm³/mol. The van der Waals surface area contributed by atoms with E-state index in [1.165, 1.54) is 47.0 Å². The van der Waals surface area contributed by atoms with Gasteiger partial charge in [0.15, 0.2) is 11.5 Å². The maximum absolute atomic E-state index is 13.6. The van der Waals surface area contributed by atoms with E-state index in [1.807, 2.05) is 0 Å². The third-order valence-corrected chi connectivity index (χ3v) is 5.13. The van der Waals surface area contributed by atoms with Crippen LogP contribution >= 0.6 is 11.8 Å². The Bertz CT molecular complexity index is 891. The number of thioether (sulfide) groups is 1. The van der Waals surface area contributed by atoms with Gasteiger partial charge < -0.3 is 9.47 Å². The fourth-order valence-corrected chi connectivity index (χ4v) is 4.06. The molecule has 0 N–H and O–H groups in total. The zero-order valence-corrected chi connectivity index (χ0v) is 13.5. The van der Waals surface area contributed by atoms with E-state index in [2.05, 4.69) is 0 Å². The van der Waals surface area contributed by atoms with E-state index in [-0.39, 0.29) is 24.1 Å². The highest BCUT2D eigenvalue weighted by atomic mass is 32.2. The summed E-state index contributed by atoms with van der Waals surface area (Å²) in [6, 6.07) is 8.41. The fraction of sp³-hybridized carbons (Fsp3) is 0.188. The zero-order chi connectivity index (χ0) is 17.6. The first-order valence-electron chi connectivity index (χ1n) is 7.32. The summed E-state index contributed by atoms with van der Waals surface area (Å²) >= 11 is 1.24. The highest BCUT2D eigenvalue weighted by Gasteiger charge is 2.39. The second kappa shape index (κ2) is 5.92. The minimum absolute atomic E-state index is 0.0136. The summed E-state index contributed by atoms with van der Waals surface area (Å²) in [5, 5.41) is 10.8. The highest BCUT2D eigenvalue weighted by Crippen LogP contribution is 2.48. The van der Waals surface area contributed by atoms with Gasteiger partial charge in [-0.3, -0.25) is 19.8 Å². The van der Waals surface area contributed by atoms with Crippen molar-refractivity contribution in [2.75, 3.05) is 17.4 Å². The topological polar surface area (TPSA) is 81.9 Å². The molecule has 1 saturated heterocycles. The predicted octanol–water partition coefficient (Wildman–Crippen LogP) is 3.24. The van der Waals surface area contributed by atoms with E-state index >= 15 is 0 Å². The van der Waals surface area contributed by atoms with Crippen molar-refractivity contribution in [3.05, 3.63) is 57.9 Å². The number of nitro groups is 1. The van der Waals surface area contributed by atoms with Gasteiger partial charge in [-0.25, -0.2) is 4.39 Å². The first-order chi connectivity index (χ1) is 12.0. The molecule has 0 spiro atoms. The van der Waals surface area contributed by atoms with Crippen molar-refractivity contribution in [2.45, 2.75) is 5.37 Å². The average Bonchev–Trinajstić information content (AvgIpc) is 3.19. The normalized spacial score (nSPS) is 18.7. The maximum Gasteiger partial charge on any atom is 0.279 e. The van der Waals surface area contributed by atoms with Crippen LogP contribution in [-0.2, 0) is 4.79 Å². The number of amides is 1. The van der Waals surface area contributed by atoms with E-state index in [0.29, 0.717) is 22.7 Å². The molecular formula is C16H11FN2O5S. The number of ether oxygens (including phenoxy) is 2. The quantitative estimate of drug-likeness (QED) is 0.616. The van der Waals surface area contributed by atoms with Gasteiger partial charge in [-0.2, -0.15) is 0 Å². The summed E-state index contributed by atoms with van der Waals surface area (Å²) in [5.74, 6) is 0.0998. The first kappa shape index (κ1) is 15.7. The largest absolute Gasteiger partial charge is 0.454 e. The van der Waals surface area contributed by atoms with Crippen molar-refractivity contribution < 1.29 is 23.6 Å². The van der Waals surface area contributed by atoms with Crippen molar-refractivity contribution in [3.63, 3.8) is 0 Å². The number of nitrogens with zero attached hydrogens (tertiary/aromatic N) is 2. The van der Waals surface area contributed by atoms with Crippen molar-refractivity contribution in [3.8, 4) is 11.5 Å². The molecule has 128 valence electrons. The van der Waals surface area contributed by atoms with E-state index < -0.39 is 16.1 Å². The lowest BCUT2D eigenvalue weighted by atomic mass is 10.1. The van der Waals surface area contributed by atoms with Crippen LogP contribution in [0.4, 0.5) is 15.8 Å². The molecule has 2 aromatic rings. The van der Waals surface area contributed by atoms with Crippen LogP contribution in [0.15, 0.2) is 36.4 Å². The third kappa shape index (κ3) is 2.66. The fourth-order valence-electron chi connectivity index (χ4n) is 2.86. The summed E-state index contributed by atoms with van der Waals surface area (Å²) in [7, 11) is 0. The summed E-state index contributed by atoms with van der Waals surface area (Å²) < 4.78 is 24.1. The van der Waals surface area contributed by atoms with Gasteiger partial charge in [0.1, 0.15) is 11.2 Å². The van der Waals surface area contributed by atoms with Crippen LogP contribution in [0.3, 0.4) is 0 Å². The Hall–Kier alpha value is -2.81. The van der Waals surface area contributed by atoms with E-state index in [4.69, 9.17) is 9.47 Å². The second-order valence-corrected chi connectivity index (χ2v) is 6.50. The Morgan fingerprint density at radius 1 is 1.24 bits per heavy atom. The molecule has 4 rings (SSSR count). The number of rotatable bonds is 3. The molecule has 7 nitrogen and oxygen atoms in total. The van der Waals surface area contributed by atoms with Gasteiger partial charge in [0.2, 0.25) is 12.7 Å². The Morgan fingerprint density at radius 3 is 2.72 bits per heavy atom. The smallest absolute Gasteiger partial charge is 0.279 e. The van der Waals surface area contributed by atoms with Crippen LogP contribution < -0.4 is 14.4 Å². The number of benzene rings is 2. The van der Waals surface area contributed by atoms with Gasteiger partial charge in [-0.05, 0) is 24.3 Å². The van der Waals surface area contributed by atoms with Gasteiger partial charge in [0.25, 0.3) is 5.69 Å². The van der Waals surface area contributed by atoms with Crippen molar-refractivity contribution in [1.29, 1.82) is 0 Å². The Labute approximate surface area is 145 Å². The van der Waals surface area contributed by atoms with Crippen molar-refractivity contribution >= 4 is 29.0 Å². The summed E-state index contributed by atoms with van der Waals surface area (Å²) in [4.78, 5) is 24.7. The number of hydrogen-bond acceptors (Lipinski definition) is 6. The van der Waals surface area contributed by atoms with Crippen LogP contribution in [0.2, 0.25) is 0 Å². The number of fused-ring (bicyclic) bond motifs is 1. The Morgan fingerprint density at radius 2 is 2.00 bits per heavy atom. The third-order valence-electron chi connectivity index (χ3n) is 3.94. The molecule has 1 amide bonds. The highest BCUT2D eigenvalue weighted by molar-refractivity contribution is 8.00. The monoisotopic (exact) mass is 362 g/mol. The molecule has 0 unspecified atom stereocenters. The van der Waals surface area contributed by atoms with Gasteiger partial charge in [0, 0.05) is 5.69 Å². The molecule has 0 radical (unpaired) electrons. The summed E-state index contributed by atoms with van der Waals surface area (Å²) in [6.07, 6.45) is 0. The Balaban J connectivity index is 1.83. The lowest BCUT2D eigenvalue weighted by molar-refractivity contribution is -0.385. The Kier molecular flexibility index (Phi) is 3.72. The SMILES string of the molecule is O=C1CS[C@H](c2cc3c(cc2[N+](=O)[O-])OCO3)N1c1cccc(F)c1. The number of nitro benzene ring substituents is 1. The van der Waals surface area contributed by atoms with E-state index in [0.717, 1.165) is 0 Å². The van der Waals surface area contributed by atoms with Crippen LogP contribution in [0, 0.1) is 15.9 Å². The number of carbonyl (C=O) groups is 1. The lowest BCUT2D eigenvalue weighted by Crippen LogP contribution is -2.28. The number of halogens is 1. The summed E-state index contributed by atoms with van der Waals surface area (Å²) in [6.45, 7) is -0.0136. The molecule has 2 heterocycles. The van der Waals surface area contributed by atoms with Gasteiger partial charge in [-0.1, -0.05) is 6.07 Å². The van der Waals surface area contributed by atoms with E-state index in [9.17, 15) is 19.3 Å². The van der Waals surface area contributed by atoms with Crippen LogP contribution in [-0.4, -0.2) is 23.4 Å². The lowest BCUT2D eigenvalue weighted by Gasteiger charge is -2.24. The number of anilines is 1. The zero-order valence-electron chi connectivity index (χ0n) is 12.7. The molecule has 1 atom stereocenters. The molecule has 0 aliphatic carbocycles. The molecule has 25 heavy (non-hydrogen) atoms. The molecule has 2 aromatic carbocycles. The average molecular weight is 362 g/mol. The van der Waals surface area contributed by atoms with Crippen LogP contribution in [0.25, 0.3) is 0 Å². The van der Waals surface area contributed by atoms with Gasteiger partial charge in [0.05, 0.1) is 22.3 Å². The molecule has 2 aliphatic heterocycles. The van der Waals surface area contributed by atoms with Gasteiger partial charge >= 0.3 is 0 Å². The molecule has 0 aromatic heterocycles. The molecule has 0 bridgehead atoms. The van der Waals surface area contributed by atoms with Crippen molar-refractivity contribution in [2.24, 2.45) is 0 Å². The number of carbonyl (C=O) groups excluding carboxylic acids is 1. The standard InChI is InChI=1S/C16H11FN2O5S/c17-9-2-1-3-10(4-9)18-15(20)7-25-16(18)11-5-13-14(24-8-23-13)6-12(11)19(21)22/h1-6,16H,7-8H2/t16-/m1/s1. The van der Waals surface area contributed by atoms with E-state index in [1.54, 1.807) is 6.07 Å². The van der Waals surface area contributed by atoms with Crippen LogP contribution in [0.5, 0.6) is 11.5 Å². The number of hydrogen-bond donors (Lipinski definition) is 0. The van der Waals surface area contributed by atoms with Gasteiger partial charge in [-0.15, -0.1) is 11.8 Å². The van der Waals surface area contributed by atoms with Crippen LogP contribution in [0.1, 0.15) is 10.9 Å². The van der Waals surface area contributed by atoms with Crippen molar-refractivity contribution in [1.82, 2.24) is 0 Å².